The van der Waals surface area contributed by atoms with Crippen molar-refractivity contribution in [3.8, 4) is 0 Å². The second-order valence-electron chi connectivity index (χ2n) is 7.82. The minimum Gasteiger partial charge on any atom is -0.322 e. The maximum Gasteiger partial charge on any atom is 0.226 e. The zero-order valence-electron chi connectivity index (χ0n) is 17.6. The van der Waals surface area contributed by atoms with Crippen LogP contribution in [-0.2, 0) is 16.0 Å². The molecule has 3 heterocycles. The van der Waals surface area contributed by atoms with Crippen LogP contribution >= 0.6 is 11.3 Å². The Bertz CT molecular complexity index is 1120. The number of anilines is 1. The molecule has 0 saturated carbocycles. The Labute approximate surface area is 179 Å². The van der Waals surface area contributed by atoms with Gasteiger partial charge >= 0.3 is 0 Å². The van der Waals surface area contributed by atoms with Gasteiger partial charge in [-0.05, 0) is 51.3 Å². The van der Waals surface area contributed by atoms with Gasteiger partial charge in [-0.1, -0.05) is 23.5 Å². The fraction of sp³-hybridized carbons (Fsp3) is 0.429. The maximum absolute atomic E-state index is 12.5. The Morgan fingerprint density at radius 1 is 1.33 bits per heavy atom. The molecule has 8 nitrogen and oxygen atoms in total. The fourth-order valence-corrected chi connectivity index (χ4v) is 4.82. The number of thiazole rings is 1. The number of para-hydroxylation sites is 1. The first-order valence-corrected chi connectivity index (χ1v) is 10.9. The van der Waals surface area contributed by atoms with Gasteiger partial charge in [-0.2, -0.15) is 5.10 Å². The molecule has 1 saturated heterocycles. The van der Waals surface area contributed by atoms with Crippen LogP contribution in [0.3, 0.4) is 0 Å². The third-order valence-corrected chi connectivity index (χ3v) is 6.36. The molecule has 0 bridgehead atoms. The minimum absolute atomic E-state index is 0.00537. The lowest BCUT2D eigenvalue weighted by atomic mass is 10.1. The molecule has 0 aliphatic carbocycles. The minimum atomic E-state index is -0.367. The SMILES string of the molecule is Cc1nn(C2NC(=O)CC(C)N2)c(C)c1CCC(=O)Nc1nc2c(C)cccc2s1. The van der Waals surface area contributed by atoms with E-state index in [1.54, 1.807) is 4.68 Å². The zero-order chi connectivity index (χ0) is 21.4. The van der Waals surface area contributed by atoms with Gasteiger partial charge in [-0.3, -0.25) is 14.9 Å². The van der Waals surface area contributed by atoms with Crippen molar-refractivity contribution in [1.29, 1.82) is 0 Å². The van der Waals surface area contributed by atoms with Gasteiger partial charge in [-0.15, -0.1) is 0 Å². The summed E-state index contributed by atoms with van der Waals surface area (Å²) in [5.74, 6) is -0.0678. The standard InChI is InChI=1S/C21H26N6O2S/c1-11-6-5-7-16-19(11)25-21(30-16)24-17(28)9-8-15-13(3)26-27(14(15)4)20-22-12(2)10-18(29)23-20/h5-7,12,20,22H,8-10H2,1-4H3,(H,23,29)(H,24,25,28). The van der Waals surface area contributed by atoms with Crippen molar-refractivity contribution < 1.29 is 9.59 Å². The van der Waals surface area contributed by atoms with Crippen molar-refractivity contribution >= 4 is 38.5 Å². The molecule has 3 aromatic rings. The summed E-state index contributed by atoms with van der Waals surface area (Å²) in [6.45, 7) is 7.89. The van der Waals surface area contributed by atoms with Crippen LogP contribution in [-0.4, -0.2) is 32.6 Å². The summed E-state index contributed by atoms with van der Waals surface area (Å²) in [4.78, 5) is 29.0. The van der Waals surface area contributed by atoms with Crippen molar-refractivity contribution in [3.63, 3.8) is 0 Å². The number of benzene rings is 1. The lowest BCUT2D eigenvalue weighted by molar-refractivity contribution is -0.125. The van der Waals surface area contributed by atoms with Gasteiger partial charge in [-0.25, -0.2) is 9.67 Å². The number of nitrogens with zero attached hydrogens (tertiary/aromatic N) is 3. The molecule has 0 spiro atoms. The van der Waals surface area contributed by atoms with Crippen LogP contribution in [0.5, 0.6) is 0 Å². The molecule has 2 unspecified atom stereocenters. The van der Waals surface area contributed by atoms with Gasteiger partial charge in [0.25, 0.3) is 0 Å². The van der Waals surface area contributed by atoms with E-state index in [4.69, 9.17) is 0 Å². The first kappa shape index (κ1) is 20.5. The summed E-state index contributed by atoms with van der Waals surface area (Å²) in [5.41, 5.74) is 4.87. The average molecular weight is 427 g/mol. The number of carbonyl (C=O) groups excluding carboxylic acids is 2. The van der Waals surface area contributed by atoms with Gasteiger partial charge < -0.3 is 10.6 Å². The predicted molar refractivity (Wildman–Crippen MR) is 117 cm³/mol. The fourth-order valence-electron chi connectivity index (χ4n) is 3.86. The number of aromatic nitrogens is 3. The van der Waals surface area contributed by atoms with E-state index in [9.17, 15) is 9.59 Å². The Hall–Kier alpha value is -2.78. The molecule has 158 valence electrons. The highest BCUT2D eigenvalue weighted by Gasteiger charge is 2.27. The van der Waals surface area contributed by atoms with E-state index < -0.39 is 0 Å². The highest BCUT2D eigenvalue weighted by molar-refractivity contribution is 7.22. The molecule has 2 aromatic heterocycles. The summed E-state index contributed by atoms with van der Waals surface area (Å²) in [6.07, 6.45) is 0.995. The van der Waals surface area contributed by atoms with E-state index in [2.05, 4.69) is 26.0 Å². The molecule has 1 aliphatic rings. The molecule has 4 rings (SSSR count). The molecule has 2 amide bonds. The molecular weight excluding hydrogens is 400 g/mol. The summed E-state index contributed by atoms with van der Waals surface area (Å²) in [5, 5.41) is 14.4. The third-order valence-electron chi connectivity index (χ3n) is 5.42. The normalized spacial score (nSPS) is 19.1. The van der Waals surface area contributed by atoms with Crippen LogP contribution < -0.4 is 16.0 Å². The number of carbonyl (C=O) groups is 2. The number of nitrogens with one attached hydrogen (secondary N) is 3. The molecule has 30 heavy (non-hydrogen) atoms. The number of aryl methyl sites for hydroxylation is 2. The van der Waals surface area contributed by atoms with Gasteiger partial charge in [0.1, 0.15) is 0 Å². The van der Waals surface area contributed by atoms with Crippen molar-refractivity contribution in [2.24, 2.45) is 0 Å². The monoisotopic (exact) mass is 426 g/mol. The van der Waals surface area contributed by atoms with Gasteiger partial charge in [0, 0.05) is 24.6 Å². The Kier molecular flexibility index (Phi) is 5.57. The van der Waals surface area contributed by atoms with E-state index in [1.165, 1.54) is 11.3 Å². The number of amides is 2. The topological polar surface area (TPSA) is 101 Å². The Morgan fingerprint density at radius 3 is 2.87 bits per heavy atom. The van der Waals surface area contributed by atoms with Crippen LogP contribution in [0.15, 0.2) is 18.2 Å². The molecule has 2 atom stereocenters. The molecule has 0 radical (unpaired) electrons. The van der Waals surface area contributed by atoms with Crippen LogP contribution in [0, 0.1) is 20.8 Å². The number of rotatable bonds is 5. The van der Waals surface area contributed by atoms with Gasteiger partial charge in [0.05, 0.1) is 15.9 Å². The van der Waals surface area contributed by atoms with Crippen molar-refractivity contribution in [1.82, 2.24) is 25.4 Å². The van der Waals surface area contributed by atoms with E-state index in [0.717, 1.165) is 32.7 Å². The van der Waals surface area contributed by atoms with E-state index in [1.807, 2.05) is 45.9 Å². The van der Waals surface area contributed by atoms with E-state index in [-0.39, 0.29) is 24.1 Å². The molecule has 3 N–H and O–H groups in total. The van der Waals surface area contributed by atoms with Crippen LogP contribution in [0.4, 0.5) is 5.13 Å². The highest BCUT2D eigenvalue weighted by atomic mass is 32.1. The second kappa shape index (κ2) is 8.16. The maximum atomic E-state index is 12.5. The van der Waals surface area contributed by atoms with Crippen LogP contribution in [0.25, 0.3) is 10.2 Å². The summed E-state index contributed by atoms with van der Waals surface area (Å²) in [6, 6.07) is 6.10. The Balaban J connectivity index is 1.43. The van der Waals surface area contributed by atoms with Gasteiger partial charge in [0.15, 0.2) is 11.4 Å². The molecule has 1 aliphatic heterocycles. The second-order valence-corrected chi connectivity index (χ2v) is 8.86. The number of fused-ring (bicyclic) bond motifs is 1. The first-order valence-electron chi connectivity index (χ1n) is 10.1. The Morgan fingerprint density at radius 2 is 2.13 bits per heavy atom. The largest absolute Gasteiger partial charge is 0.322 e. The molecule has 1 fully saturated rings. The average Bonchev–Trinajstić information content (AvgIpc) is 3.20. The van der Waals surface area contributed by atoms with Crippen LogP contribution in [0.2, 0.25) is 0 Å². The van der Waals surface area contributed by atoms with E-state index >= 15 is 0 Å². The van der Waals surface area contributed by atoms with Crippen molar-refractivity contribution in [2.75, 3.05) is 5.32 Å². The van der Waals surface area contributed by atoms with E-state index in [0.29, 0.717) is 24.4 Å². The zero-order valence-corrected chi connectivity index (χ0v) is 18.4. The van der Waals surface area contributed by atoms with Crippen molar-refractivity contribution in [2.45, 2.75) is 59.3 Å². The smallest absolute Gasteiger partial charge is 0.226 e. The summed E-state index contributed by atoms with van der Waals surface area (Å²) < 4.78 is 2.86. The summed E-state index contributed by atoms with van der Waals surface area (Å²) >= 11 is 1.48. The third kappa shape index (κ3) is 4.08. The predicted octanol–water partition coefficient (Wildman–Crippen LogP) is 2.94. The quantitative estimate of drug-likeness (QED) is 0.582. The molecule has 9 heteroatoms. The highest BCUT2D eigenvalue weighted by Crippen LogP contribution is 2.28. The molecule has 1 aromatic carbocycles. The first-order chi connectivity index (χ1) is 14.3. The van der Waals surface area contributed by atoms with Gasteiger partial charge in [0.2, 0.25) is 11.8 Å². The summed E-state index contributed by atoms with van der Waals surface area (Å²) in [7, 11) is 0. The number of hydrogen-bond acceptors (Lipinski definition) is 6. The van der Waals surface area contributed by atoms with Crippen molar-refractivity contribution in [3.05, 3.63) is 40.7 Å². The van der Waals surface area contributed by atoms with Crippen LogP contribution in [0.1, 0.15) is 48.6 Å². The number of hydrogen-bond donors (Lipinski definition) is 3. The lowest BCUT2D eigenvalue weighted by Crippen LogP contribution is -2.52. The lowest BCUT2D eigenvalue weighted by Gasteiger charge is -2.30. The molecular formula is C21H26N6O2S.